The van der Waals surface area contributed by atoms with Crippen LogP contribution in [-0.4, -0.2) is 17.1 Å². The van der Waals surface area contributed by atoms with Gasteiger partial charge in [-0.05, 0) is 32.8 Å². The smallest absolute Gasteiger partial charge is 0.144 e. The van der Waals surface area contributed by atoms with Crippen molar-refractivity contribution in [2.75, 3.05) is 11.2 Å². The normalized spacial score (nSPS) is 25.1. The van der Waals surface area contributed by atoms with Gasteiger partial charge in [-0.2, -0.15) is 0 Å². The minimum atomic E-state index is -0.453. The summed E-state index contributed by atoms with van der Waals surface area (Å²) < 4.78 is 13.5. The average Bonchev–Trinajstić information content (AvgIpc) is 2.30. The maximum Gasteiger partial charge on any atom is 0.144 e. The van der Waals surface area contributed by atoms with Crippen molar-refractivity contribution in [3.05, 3.63) is 23.0 Å². The minimum Gasteiger partial charge on any atom is -0.397 e. The summed E-state index contributed by atoms with van der Waals surface area (Å²) in [7, 11) is 0. The molecule has 1 aromatic rings. The van der Waals surface area contributed by atoms with Crippen molar-refractivity contribution in [2.24, 2.45) is 0 Å². The van der Waals surface area contributed by atoms with Gasteiger partial charge in [-0.25, -0.2) is 9.40 Å². The quantitative estimate of drug-likeness (QED) is 0.807. The van der Waals surface area contributed by atoms with Gasteiger partial charge in [0.2, 0.25) is 0 Å². The Kier molecular flexibility index (Phi) is 3.97. The molecule has 3 N–H and O–H groups in total. The number of halogens is 2. The van der Waals surface area contributed by atoms with Gasteiger partial charge in [0.25, 0.3) is 0 Å². The number of piperidine rings is 1. The van der Waals surface area contributed by atoms with E-state index in [9.17, 15) is 4.39 Å². The molecule has 0 aromatic heterocycles. The molecular formula is C13H19ClFN3. The molecule has 100 valence electrons. The molecule has 0 amide bonds. The molecule has 1 aliphatic rings. The van der Waals surface area contributed by atoms with E-state index in [1.54, 1.807) is 0 Å². The number of hydrogen-bond acceptors (Lipinski definition) is 3. The van der Waals surface area contributed by atoms with Crippen LogP contribution in [0.3, 0.4) is 0 Å². The molecule has 1 aromatic carbocycles. The summed E-state index contributed by atoms with van der Waals surface area (Å²) in [6, 6.07) is 3.61. The fraction of sp³-hybridized carbons (Fsp3) is 0.538. The number of nitrogen functional groups attached to an aromatic ring is 1. The molecule has 0 radical (unpaired) electrons. The average molecular weight is 272 g/mol. The van der Waals surface area contributed by atoms with Crippen molar-refractivity contribution in [3.63, 3.8) is 0 Å². The molecule has 1 heterocycles. The Hall–Kier alpha value is -1.00. The second kappa shape index (κ2) is 5.33. The van der Waals surface area contributed by atoms with E-state index in [0.717, 1.165) is 12.8 Å². The predicted molar refractivity (Wildman–Crippen MR) is 74.1 cm³/mol. The third-order valence-corrected chi connectivity index (χ3v) is 3.83. The van der Waals surface area contributed by atoms with Gasteiger partial charge in [0.05, 0.1) is 16.4 Å². The van der Waals surface area contributed by atoms with Gasteiger partial charge in [-0.3, -0.25) is 0 Å². The highest BCUT2D eigenvalue weighted by Gasteiger charge is 2.25. The zero-order chi connectivity index (χ0) is 13.3. The van der Waals surface area contributed by atoms with E-state index in [4.69, 9.17) is 17.3 Å². The third-order valence-electron chi connectivity index (χ3n) is 3.54. The van der Waals surface area contributed by atoms with Gasteiger partial charge >= 0.3 is 0 Å². The van der Waals surface area contributed by atoms with Gasteiger partial charge in [0.1, 0.15) is 5.82 Å². The Morgan fingerprint density at radius 1 is 1.33 bits per heavy atom. The SMILES string of the molecule is CC1CCCC(C)N1Nc1cc(F)c(Cl)cc1N. The van der Waals surface area contributed by atoms with Gasteiger partial charge in [-0.15, -0.1) is 0 Å². The first-order chi connectivity index (χ1) is 8.49. The zero-order valence-corrected chi connectivity index (χ0v) is 11.5. The third kappa shape index (κ3) is 2.70. The number of nitrogens with zero attached hydrogens (tertiary/aromatic N) is 1. The van der Waals surface area contributed by atoms with Crippen LogP contribution in [0.25, 0.3) is 0 Å². The maximum atomic E-state index is 13.5. The Morgan fingerprint density at radius 2 is 1.94 bits per heavy atom. The molecule has 1 fully saturated rings. The Bertz CT molecular complexity index is 428. The second-order valence-electron chi connectivity index (χ2n) is 5.00. The minimum absolute atomic E-state index is 0.0535. The molecule has 0 saturated carbocycles. The molecule has 2 rings (SSSR count). The summed E-state index contributed by atoms with van der Waals surface area (Å²) in [5.41, 5.74) is 10.1. The first kappa shape index (κ1) is 13.4. The van der Waals surface area contributed by atoms with Gasteiger partial charge in [0, 0.05) is 18.2 Å². The van der Waals surface area contributed by atoms with E-state index in [0.29, 0.717) is 23.5 Å². The van der Waals surface area contributed by atoms with Crippen LogP contribution >= 0.6 is 11.6 Å². The lowest BCUT2D eigenvalue weighted by Gasteiger charge is -2.39. The Labute approximate surface area is 112 Å². The van der Waals surface area contributed by atoms with Crippen LogP contribution in [0, 0.1) is 5.82 Å². The number of anilines is 2. The van der Waals surface area contributed by atoms with E-state index in [1.807, 2.05) is 0 Å². The first-order valence-electron chi connectivity index (χ1n) is 6.28. The fourth-order valence-electron chi connectivity index (χ4n) is 2.44. The number of nitrogens with one attached hydrogen (secondary N) is 1. The lowest BCUT2D eigenvalue weighted by Crippen LogP contribution is -2.47. The fourth-order valence-corrected chi connectivity index (χ4v) is 2.61. The van der Waals surface area contributed by atoms with Crippen LogP contribution in [0.15, 0.2) is 12.1 Å². The van der Waals surface area contributed by atoms with Crippen LogP contribution in [0.4, 0.5) is 15.8 Å². The monoisotopic (exact) mass is 271 g/mol. The van der Waals surface area contributed by atoms with E-state index in [-0.39, 0.29) is 5.02 Å². The summed E-state index contributed by atoms with van der Waals surface area (Å²) in [6.07, 6.45) is 3.49. The molecule has 3 nitrogen and oxygen atoms in total. The van der Waals surface area contributed by atoms with Crippen molar-refractivity contribution in [3.8, 4) is 0 Å². The lowest BCUT2D eigenvalue weighted by molar-refractivity contribution is 0.136. The molecule has 0 aliphatic carbocycles. The van der Waals surface area contributed by atoms with E-state index < -0.39 is 5.82 Å². The van der Waals surface area contributed by atoms with Gasteiger partial charge < -0.3 is 11.2 Å². The van der Waals surface area contributed by atoms with Crippen LogP contribution in [-0.2, 0) is 0 Å². The zero-order valence-electron chi connectivity index (χ0n) is 10.7. The van der Waals surface area contributed by atoms with E-state index in [2.05, 4.69) is 24.3 Å². The van der Waals surface area contributed by atoms with Crippen molar-refractivity contribution in [1.29, 1.82) is 0 Å². The van der Waals surface area contributed by atoms with Crippen LogP contribution < -0.4 is 11.2 Å². The molecule has 2 atom stereocenters. The highest BCUT2D eigenvalue weighted by atomic mass is 35.5. The summed E-state index contributed by atoms with van der Waals surface area (Å²) in [6.45, 7) is 4.32. The summed E-state index contributed by atoms with van der Waals surface area (Å²) in [5, 5.41) is 2.19. The molecule has 0 spiro atoms. The summed E-state index contributed by atoms with van der Waals surface area (Å²) >= 11 is 5.69. The van der Waals surface area contributed by atoms with Crippen LogP contribution in [0.5, 0.6) is 0 Å². The van der Waals surface area contributed by atoms with Crippen molar-refractivity contribution < 1.29 is 4.39 Å². The number of nitrogens with two attached hydrogens (primary N) is 1. The lowest BCUT2D eigenvalue weighted by atomic mass is 10.00. The number of rotatable bonds is 2. The van der Waals surface area contributed by atoms with Gasteiger partial charge in [-0.1, -0.05) is 18.0 Å². The first-order valence-corrected chi connectivity index (χ1v) is 6.66. The molecular weight excluding hydrogens is 253 g/mol. The van der Waals surface area contributed by atoms with Crippen LogP contribution in [0.2, 0.25) is 5.02 Å². The number of benzene rings is 1. The predicted octanol–water partition coefficient (Wildman–Crippen LogP) is 3.65. The topological polar surface area (TPSA) is 41.3 Å². The number of hydrogen-bond donors (Lipinski definition) is 2. The highest BCUT2D eigenvalue weighted by Crippen LogP contribution is 2.29. The van der Waals surface area contributed by atoms with Crippen LogP contribution in [0.1, 0.15) is 33.1 Å². The van der Waals surface area contributed by atoms with E-state index >= 15 is 0 Å². The molecule has 1 saturated heterocycles. The van der Waals surface area contributed by atoms with Gasteiger partial charge in [0.15, 0.2) is 0 Å². The summed E-state index contributed by atoms with van der Waals surface area (Å²) in [5.74, 6) is -0.453. The highest BCUT2D eigenvalue weighted by molar-refractivity contribution is 6.31. The largest absolute Gasteiger partial charge is 0.397 e. The Morgan fingerprint density at radius 3 is 2.56 bits per heavy atom. The second-order valence-corrected chi connectivity index (χ2v) is 5.41. The maximum absolute atomic E-state index is 13.5. The standard InChI is InChI=1S/C13H19ClFN3/c1-8-4-3-5-9(2)18(8)17-13-7-11(15)10(14)6-12(13)16/h6-9,17H,3-5,16H2,1-2H3. The van der Waals surface area contributed by atoms with Crippen molar-refractivity contribution in [1.82, 2.24) is 5.01 Å². The molecule has 2 unspecified atom stereocenters. The molecule has 0 bridgehead atoms. The summed E-state index contributed by atoms with van der Waals surface area (Å²) in [4.78, 5) is 0. The Balaban J connectivity index is 2.20. The number of hydrazine groups is 1. The van der Waals surface area contributed by atoms with E-state index in [1.165, 1.54) is 18.6 Å². The van der Waals surface area contributed by atoms with Crippen molar-refractivity contribution in [2.45, 2.75) is 45.2 Å². The molecule has 1 aliphatic heterocycles. The molecule has 18 heavy (non-hydrogen) atoms. The van der Waals surface area contributed by atoms with Crippen molar-refractivity contribution >= 4 is 23.0 Å². The molecule has 5 heteroatoms.